The molecule has 0 aliphatic carbocycles. The molecule has 1 atom stereocenters. The third kappa shape index (κ3) is 6.58. The smallest absolute Gasteiger partial charge is 0.269 e. The highest BCUT2D eigenvalue weighted by Crippen LogP contribution is 2.15. The highest BCUT2D eigenvalue weighted by Gasteiger charge is 2.13. The van der Waals surface area contributed by atoms with Crippen LogP contribution in [0.5, 0.6) is 0 Å². The van der Waals surface area contributed by atoms with Crippen molar-refractivity contribution < 1.29 is 9.59 Å². The number of thiazole rings is 1. The summed E-state index contributed by atoms with van der Waals surface area (Å²) in [5.41, 5.74) is 3.16. The number of rotatable bonds is 8. The number of amides is 1. The summed E-state index contributed by atoms with van der Waals surface area (Å²) in [6.45, 7) is 7.66. The molecule has 178 valence electrons. The first-order chi connectivity index (χ1) is 16.2. The minimum Gasteiger partial charge on any atom is -0.352 e. The van der Waals surface area contributed by atoms with Crippen LogP contribution in [-0.2, 0) is 11.3 Å². The van der Waals surface area contributed by atoms with Gasteiger partial charge in [-0.1, -0.05) is 36.2 Å². The summed E-state index contributed by atoms with van der Waals surface area (Å²) in [5.74, 6) is -0.446. The van der Waals surface area contributed by atoms with Crippen molar-refractivity contribution in [3.05, 3.63) is 84.3 Å². The minimum absolute atomic E-state index is 0.00662. The highest BCUT2D eigenvalue weighted by molar-refractivity contribution is 7.98. The Morgan fingerprint density at radius 1 is 1.12 bits per heavy atom. The summed E-state index contributed by atoms with van der Waals surface area (Å²) in [6.07, 6.45) is 6.07. The van der Waals surface area contributed by atoms with Crippen molar-refractivity contribution >= 4 is 46.9 Å². The normalized spacial score (nSPS) is 13.2. The summed E-state index contributed by atoms with van der Waals surface area (Å²) >= 11 is 2.87. The molecule has 0 spiro atoms. The first kappa shape index (κ1) is 25.7. The second-order valence-corrected chi connectivity index (χ2v) is 10.3. The van der Waals surface area contributed by atoms with Crippen molar-refractivity contribution in [1.29, 1.82) is 0 Å². The van der Waals surface area contributed by atoms with Crippen LogP contribution in [0.3, 0.4) is 0 Å². The summed E-state index contributed by atoms with van der Waals surface area (Å²) < 4.78 is 2.33. The maximum Gasteiger partial charge on any atom is 0.269 e. The summed E-state index contributed by atoms with van der Waals surface area (Å²) in [5, 5.41) is 2.90. The Morgan fingerprint density at radius 2 is 1.76 bits per heavy atom. The molecule has 5 nitrogen and oxygen atoms in total. The predicted molar refractivity (Wildman–Crippen MR) is 142 cm³/mol. The number of nitrogens with zero attached hydrogens (tertiary/aromatic N) is 1. The molecule has 1 N–H and O–H groups in total. The van der Waals surface area contributed by atoms with E-state index in [4.69, 9.17) is 0 Å². The quantitative estimate of drug-likeness (QED) is 0.383. The lowest BCUT2D eigenvalue weighted by Crippen LogP contribution is -2.40. The molecular formula is C27H30N2O3S2. The molecule has 0 bridgehead atoms. The van der Waals surface area contributed by atoms with Gasteiger partial charge in [-0.15, -0.1) is 23.1 Å². The summed E-state index contributed by atoms with van der Waals surface area (Å²) in [7, 11) is 0. The van der Waals surface area contributed by atoms with Crippen molar-refractivity contribution in [2.24, 2.45) is 0 Å². The van der Waals surface area contributed by atoms with Gasteiger partial charge < -0.3 is 5.32 Å². The van der Waals surface area contributed by atoms with Crippen LogP contribution in [0.4, 0.5) is 0 Å². The molecule has 1 amide bonds. The number of carbonyl (C=O) groups is 2. The Kier molecular flexibility index (Phi) is 8.69. The van der Waals surface area contributed by atoms with Gasteiger partial charge >= 0.3 is 0 Å². The van der Waals surface area contributed by atoms with Gasteiger partial charge in [0.1, 0.15) is 11.2 Å². The van der Waals surface area contributed by atoms with Crippen LogP contribution in [0.25, 0.3) is 12.2 Å². The van der Waals surface area contributed by atoms with Gasteiger partial charge in [0, 0.05) is 22.6 Å². The second kappa shape index (κ2) is 11.5. The van der Waals surface area contributed by atoms with E-state index < -0.39 is 0 Å². The van der Waals surface area contributed by atoms with Crippen LogP contribution in [0.15, 0.2) is 52.2 Å². The van der Waals surface area contributed by atoms with Crippen LogP contribution in [0.1, 0.15) is 47.3 Å². The standard InChI is InChI=1S/C27H30N2O3S2/c1-6-19(4)28-25(31)16-29-26(15-23(30)21-12-17(2)11-18(3)13-21)34-24(27(29)32)14-20-7-9-22(33-5)10-8-20/h7-15,19H,6,16H2,1-5H3,(H,28,31). The maximum absolute atomic E-state index is 13.3. The number of Topliss-reactive ketones (excluding diaryl/α,β-unsaturated/α-hetero) is 1. The molecule has 34 heavy (non-hydrogen) atoms. The van der Waals surface area contributed by atoms with Crippen LogP contribution < -0.4 is 20.1 Å². The highest BCUT2D eigenvalue weighted by atomic mass is 32.2. The summed E-state index contributed by atoms with van der Waals surface area (Å²) in [6, 6.07) is 13.6. The van der Waals surface area contributed by atoms with Gasteiger partial charge in [-0.25, -0.2) is 0 Å². The molecule has 2 aromatic carbocycles. The average molecular weight is 495 g/mol. The molecule has 0 saturated heterocycles. The van der Waals surface area contributed by atoms with Gasteiger partial charge in [0.15, 0.2) is 5.78 Å². The lowest BCUT2D eigenvalue weighted by Gasteiger charge is -2.11. The van der Waals surface area contributed by atoms with Crippen molar-refractivity contribution in [2.75, 3.05) is 6.26 Å². The third-order valence-electron chi connectivity index (χ3n) is 5.43. The number of ketones is 1. The van der Waals surface area contributed by atoms with Gasteiger partial charge in [0.25, 0.3) is 5.56 Å². The van der Waals surface area contributed by atoms with Gasteiger partial charge in [-0.2, -0.15) is 0 Å². The Morgan fingerprint density at radius 3 is 2.35 bits per heavy atom. The molecule has 3 aromatic rings. The fourth-order valence-corrected chi connectivity index (χ4v) is 4.97. The van der Waals surface area contributed by atoms with Gasteiger partial charge in [0.2, 0.25) is 5.91 Å². The number of aromatic nitrogens is 1. The van der Waals surface area contributed by atoms with Crippen molar-refractivity contribution in [3.8, 4) is 0 Å². The van der Waals surface area contributed by atoms with Gasteiger partial charge in [0.05, 0.1) is 4.53 Å². The molecule has 0 aliphatic rings. The van der Waals surface area contributed by atoms with Crippen LogP contribution in [-0.4, -0.2) is 28.6 Å². The van der Waals surface area contributed by atoms with E-state index in [1.807, 2.05) is 76.4 Å². The van der Waals surface area contributed by atoms with Crippen LogP contribution in [0.2, 0.25) is 0 Å². The maximum atomic E-state index is 13.3. The van der Waals surface area contributed by atoms with Crippen LogP contribution >= 0.6 is 23.1 Å². The number of benzene rings is 2. The molecule has 1 heterocycles. The van der Waals surface area contributed by atoms with E-state index in [0.717, 1.165) is 28.0 Å². The molecule has 1 unspecified atom stereocenters. The first-order valence-electron chi connectivity index (χ1n) is 11.2. The number of hydrogen-bond donors (Lipinski definition) is 1. The van der Waals surface area contributed by atoms with E-state index in [9.17, 15) is 14.4 Å². The fourth-order valence-electron chi connectivity index (χ4n) is 3.52. The third-order valence-corrected chi connectivity index (χ3v) is 7.24. The van der Waals surface area contributed by atoms with Crippen molar-refractivity contribution in [3.63, 3.8) is 0 Å². The Hall–Kier alpha value is -2.90. The van der Waals surface area contributed by atoms with Gasteiger partial charge in [-0.3, -0.25) is 19.0 Å². The SMILES string of the molecule is CCC(C)NC(=O)Cn1c(=CC(=O)c2cc(C)cc(C)c2)sc(=Cc2ccc(SC)cc2)c1=O. The summed E-state index contributed by atoms with van der Waals surface area (Å²) in [4.78, 5) is 40.0. The topological polar surface area (TPSA) is 68.2 Å². The minimum atomic E-state index is -0.280. The van der Waals surface area contributed by atoms with E-state index >= 15 is 0 Å². The van der Waals surface area contributed by atoms with E-state index in [0.29, 0.717) is 14.8 Å². The average Bonchev–Trinajstić information content (AvgIpc) is 3.07. The number of nitrogens with one attached hydrogen (secondary N) is 1. The first-order valence-corrected chi connectivity index (χ1v) is 13.2. The molecule has 0 radical (unpaired) electrons. The monoisotopic (exact) mass is 494 g/mol. The number of carbonyl (C=O) groups excluding carboxylic acids is 2. The Bertz CT molecular complexity index is 1350. The number of hydrogen-bond acceptors (Lipinski definition) is 5. The molecule has 0 aliphatic heterocycles. The second-order valence-electron chi connectivity index (χ2n) is 8.38. The van der Waals surface area contributed by atoms with Crippen molar-refractivity contribution in [2.45, 2.75) is 51.6 Å². The van der Waals surface area contributed by atoms with E-state index in [-0.39, 0.29) is 29.8 Å². The largest absolute Gasteiger partial charge is 0.352 e. The lowest BCUT2D eigenvalue weighted by molar-refractivity contribution is -0.122. The molecule has 7 heteroatoms. The zero-order valence-corrected chi connectivity index (χ0v) is 21.8. The molecule has 0 fully saturated rings. The lowest BCUT2D eigenvalue weighted by atomic mass is 10.0. The molecule has 3 rings (SSSR count). The van der Waals surface area contributed by atoms with Crippen LogP contribution in [0, 0.1) is 13.8 Å². The molecule has 1 aromatic heterocycles. The zero-order chi connectivity index (χ0) is 24.8. The van der Waals surface area contributed by atoms with Gasteiger partial charge in [-0.05, 0) is 69.4 Å². The Balaban J connectivity index is 2.10. The van der Waals surface area contributed by atoms with E-state index in [1.54, 1.807) is 17.8 Å². The molecule has 0 saturated carbocycles. The Labute approximate surface area is 208 Å². The predicted octanol–water partition coefficient (Wildman–Crippen LogP) is 3.66. The molecular weight excluding hydrogens is 464 g/mol. The van der Waals surface area contributed by atoms with E-state index in [2.05, 4.69) is 5.32 Å². The number of aryl methyl sites for hydroxylation is 2. The zero-order valence-electron chi connectivity index (χ0n) is 20.2. The van der Waals surface area contributed by atoms with E-state index in [1.165, 1.54) is 22.0 Å². The fraction of sp³-hybridized carbons (Fsp3) is 0.296. The number of thioether (sulfide) groups is 1. The van der Waals surface area contributed by atoms with Crippen molar-refractivity contribution in [1.82, 2.24) is 9.88 Å².